The van der Waals surface area contributed by atoms with Gasteiger partial charge in [-0.15, -0.1) is 0 Å². The van der Waals surface area contributed by atoms with Crippen molar-refractivity contribution in [1.29, 1.82) is 0 Å². The Balaban J connectivity index is 2.00. The summed E-state index contributed by atoms with van der Waals surface area (Å²) in [6.45, 7) is 0. The van der Waals surface area contributed by atoms with Crippen molar-refractivity contribution in [2.45, 2.75) is 0 Å². The zero-order valence-corrected chi connectivity index (χ0v) is 9.56. The Morgan fingerprint density at radius 1 is 1.00 bits per heavy atom. The molecule has 1 N–H and O–H groups in total. The number of benzene rings is 1. The molecular formula is C14H11N3O. The number of aromatic hydroxyl groups is 1. The third-order valence-corrected chi connectivity index (χ3v) is 2.67. The lowest BCUT2D eigenvalue weighted by molar-refractivity contribution is 0.475. The summed E-state index contributed by atoms with van der Waals surface area (Å²) in [5, 5.41) is 13.7. The molecular weight excluding hydrogens is 226 g/mol. The smallest absolute Gasteiger partial charge is 0.117 e. The van der Waals surface area contributed by atoms with Crippen LogP contribution < -0.4 is 0 Å². The molecule has 0 saturated heterocycles. The molecule has 0 saturated carbocycles. The third kappa shape index (κ3) is 1.96. The van der Waals surface area contributed by atoms with E-state index in [2.05, 4.69) is 10.1 Å². The molecule has 0 aliphatic heterocycles. The highest BCUT2D eigenvalue weighted by atomic mass is 16.3. The van der Waals surface area contributed by atoms with Crippen LogP contribution in [0.1, 0.15) is 0 Å². The summed E-state index contributed by atoms with van der Waals surface area (Å²) < 4.78 is 1.72. The maximum Gasteiger partial charge on any atom is 0.117 e. The minimum absolute atomic E-state index is 0.228. The zero-order valence-electron chi connectivity index (χ0n) is 9.56. The van der Waals surface area contributed by atoms with Gasteiger partial charge < -0.3 is 5.11 Å². The minimum atomic E-state index is 0.228. The Morgan fingerprint density at radius 3 is 2.72 bits per heavy atom. The van der Waals surface area contributed by atoms with Crippen molar-refractivity contribution in [2.75, 3.05) is 0 Å². The van der Waals surface area contributed by atoms with E-state index >= 15 is 0 Å². The van der Waals surface area contributed by atoms with Crippen LogP contribution in [0.2, 0.25) is 0 Å². The largest absolute Gasteiger partial charge is 0.508 e. The van der Waals surface area contributed by atoms with E-state index in [1.54, 1.807) is 41.5 Å². The van der Waals surface area contributed by atoms with Crippen molar-refractivity contribution < 1.29 is 5.11 Å². The molecule has 0 amide bonds. The number of aromatic nitrogens is 3. The summed E-state index contributed by atoms with van der Waals surface area (Å²) in [6, 6.07) is 10.8. The topological polar surface area (TPSA) is 50.9 Å². The van der Waals surface area contributed by atoms with Crippen molar-refractivity contribution in [3.8, 4) is 22.6 Å². The lowest BCUT2D eigenvalue weighted by Crippen LogP contribution is -1.92. The molecule has 0 spiro atoms. The quantitative estimate of drug-likeness (QED) is 0.745. The van der Waals surface area contributed by atoms with Gasteiger partial charge in [0.25, 0.3) is 0 Å². The average Bonchev–Trinajstić information content (AvgIpc) is 2.89. The Kier molecular flexibility index (Phi) is 2.53. The molecule has 2 aromatic heterocycles. The number of phenolic OH excluding ortho intramolecular Hbond substituents is 1. The van der Waals surface area contributed by atoms with Gasteiger partial charge in [0.15, 0.2) is 0 Å². The second-order valence-corrected chi connectivity index (χ2v) is 3.94. The van der Waals surface area contributed by atoms with Crippen LogP contribution in [0, 0.1) is 0 Å². The molecule has 0 aliphatic carbocycles. The van der Waals surface area contributed by atoms with Crippen LogP contribution in [0.25, 0.3) is 16.8 Å². The zero-order chi connectivity index (χ0) is 12.4. The molecule has 0 fully saturated rings. The van der Waals surface area contributed by atoms with Crippen LogP contribution in [-0.4, -0.2) is 19.9 Å². The minimum Gasteiger partial charge on any atom is -0.508 e. The van der Waals surface area contributed by atoms with Gasteiger partial charge in [-0.1, -0.05) is 12.1 Å². The van der Waals surface area contributed by atoms with Crippen molar-refractivity contribution in [3.63, 3.8) is 0 Å². The second kappa shape index (κ2) is 4.33. The maximum absolute atomic E-state index is 9.45. The van der Waals surface area contributed by atoms with Crippen LogP contribution in [0.15, 0.2) is 61.2 Å². The van der Waals surface area contributed by atoms with Gasteiger partial charge in [0.05, 0.1) is 11.9 Å². The summed E-state index contributed by atoms with van der Waals surface area (Å²) in [4.78, 5) is 4.08. The molecule has 18 heavy (non-hydrogen) atoms. The number of phenols is 1. The molecule has 0 unspecified atom stereocenters. The highest BCUT2D eigenvalue weighted by molar-refractivity contribution is 5.61. The molecule has 0 bridgehead atoms. The van der Waals surface area contributed by atoms with E-state index < -0.39 is 0 Å². The van der Waals surface area contributed by atoms with Gasteiger partial charge in [0.2, 0.25) is 0 Å². The predicted molar refractivity (Wildman–Crippen MR) is 68.5 cm³/mol. The van der Waals surface area contributed by atoms with Crippen LogP contribution in [0.3, 0.4) is 0 Å². The van der Waals surface area contributed by atoms with Gasteiger partial charge in [-0.05, 0) is 18.2 Å². The summed E-state index contributed by atoms with van der Waals surface area (Å²) in [5.41, 5.74) is 2.83. The van der Waals surface area contributed by atoms with E-state index in [0.29, 0.717) is 0 Å². The maximum atomic E-state index is 9.45. The van der Waals surface area contributed by atoms with Gasteiger partial charge in [-0.3, -0.25) is 4.98 Å². The van der Waals surface area contributed by atoms with E-state index in [1.807, 2.05) is 24.4 Å². The fourth-order valence-corrected chi connectivity index (χ4v) is 1.78. The first-order valence-corrected chi connectivity index (χ1v) is 5.57. The molecule has 2 heterocycles. The Hall–Kier alpha value is -2.62. The summed E-state index contributed by atoms with van der Waals surface area (Å²) >= 11 is 0. The number of hydrogen-bond donors (Lipinski definition) is 1. The fourth-order valence-electron chi connectivity index (χ4n) is 1.78. The van der Waals surface area contributed by atoms with E-state index in [9.17, 15) is 5.11 Å². The first kappa shape index (κ1) is 10.5. The van der Waals surface area contributed by atoms with E-state index in [1.165, 1.54) is 0 Å². The first-order chi connectivity index (χ1) is 8.83. The highest BCUT2D eigenvalue weighted by Crippen LogP contribution is 2.20. The summed E-state index contributed by atoms with van der Waals surface area (Å²) in [6.07, 6.45) is 7.22. The number of pyridine rings is 1. The Morgan fingerprint density at radius 2 is 1.94 bits per heavy atom. The standard InChI is InChI=1S/C14H11N3O/c18-14-5-1-4-13(7-14)17-10-12(9-16-17)11-3-2-6-15-8-11/h1-10,18H. The van der Waals surface area contributed by atoms with Crippen molar-refractivity contribution in [2.24, 2.45) is 0 Å². The SMILES string of the molecule is Oc1cccc(-n2cc(-c3cccnc3)cn2)c1. The van der Waals surface area contributed by atoms with Gasteiger partial charge in [-0.25, -0.2) is 4.68 Å². The van der Waals surface area contributed by atoms with E-state index in [0.717, 1.165) is 16.8 Å². The van der Waals surface area contributed by atoms with Crippen molar-refractivity contribution >= 4 is 0 Å². The van der Waals surface area contributed by atoms with Crippen LogP contribution in [0.5, 0.6) is 5.75 Å². The first-order valence-electron chi connectivity index (χ1n) is 5.57. The van der Waals surface area contributed by atoms with Crippen molar-refractivity contribution in [3.05, 3.63) is 61.2 Å². The van der Waals surface area contributed by atoms with Crippen molar-refractivity contribution in [1.82, 2.24) is 14.8 Å². The lowest BCUT2D eigenvalue weighted by atomic mass is 10.2. The van der Waals surface area contributed by atoms with Gasteiger partial charge >= 0.3 is 0 Å². The van der Waals surface area contributed by atoms with Gasteiger partial charge in [0.1, 0.15) is 5.75 Å². The molecule has 88 valence electrons. The number of nitrogens with zero attached hydrogens (tertiary/aromatic N) is 3. The fraction of sp³-hybridized carbons (Fsp3) is 0. The van der Waals surface area contributed by atoms with E-state index in [4.69, 9.17) is 0 Å². The van der Waals surface area contributed by atoms with Crippen LogP contribution in [0.4, 0.5) is 0 Å². The van der Waals surface area contributed by atoms with Gasteiger partial charge in [0, 0.05) is 35.8 Å². The lowest BCUT2D eigenvalue weighted by Gasteiger charge is -2.01. The summed E-state index contributed by atoms with van der Waals surface area (Å²) in [5.74, 6) is 0.228. The Labute approximate surface area is 104 Å². The van der Waals surface area contributed by atoms with E-state index in [-0.39, 0.29) is 5.75 Å². The Bertz CT molecular complexity index is 662. The molecule has 3 aromatic rings. The molecule has 0 aliphatic rings. The van der Waals surface area contributed by atoms with Gasteiger partial charge in [-0.2, -0.15) is 5.10 Å². The molecule has 0 radical (unpaired) electrons. The molecule has 0 atom stereocenters. The van der Waals surface area contributed by atoms with Crippen LogP contribution >= 0.6 is 0 Å². The average molecular weight is 237 g/mol. The molecule has 3 rings (SSSR count). The summed E-state index contributed by atoms with van der Waals surface area (Å²) in [7, 11) is 0. The normalized spacial score (nSPS) is 10.4. The molecule has 4 heteroatoms. The monoisotopic (exact) mass is 237 g/mol. The second-order valence-electron chi connectivity index (χ2n) is 3.94. The highest BCUT2D eigenvalue weighted by Gasteiger charge is 2.03. The van der Waals surface area contributed by atoms with Crippen LogP contribution in [-0.2, 0) is 0 Å². The third-order valence-electron chi connectivity index (χ3n) is 2.67. The molecule has 4 nitrogen and oxygen atoms in total. The number of rotatable bonds is 2. The molecule has 1 aromatic carbocycles. The number of hydrogen-bond acceptors (Lipinski definition) is 3. The predicted octanol–water partition coefficient (Wildman–Crippen LogP) is 2.64.